The summed E-state index contributed by atoms with van der Waals surface area (Å²) in [5, 5.41) is 9.03. The molecule has 1 heterocycles. The predicted molar refractivity (Wildman–Crippen MR) is 80.1 cm³/mol. The molecular formula is C14H28N2O3S. The molecule has 5 nitrogen and oxygen atoms in total. The number of aliphatic hydroxyl groups excluding tert-OH is 1. The van der Waals surface area contributed by atoms with Gasteiger partial charge in [0, 0.05) is 38.8 Å². The van der Waals surface area contributed by atoms with Crippen LogP contribution in [0.3, 0.4) is 0 Å². The summed E-state index contributed by atoms with van der Waals surface area (Å²) in [6.45, 7) is 3.51. The lowest BCUT2D eigenvalue weighted by atomic mass is 9.89. The minimum atomic E-state index is -3.05. The molecule has 2 rings (SSSR count). The Bertz CT molecular complexity index is 395. The fourth-order valence-corrected chi connectivity index (χ4v) is 4.20. The monoisotopic (exact) mass is 304 g/mol. The van der Waals surface area contributed by atoms with Gasteiger partial charge in [0.25, 0.3) is 0 Å². The molecule has 0 bridgehead atoms. The lowest BCUT2D eigenvalue weighted by Crippen LogP contribution is -2.48. The van der Waals surface area contributed by atoms with Gasteiger partial charge in [0.1, 0.15) is 0 Å². The van der Waals surface area contributed by atoms with Gasteiger partial charge in [-0.25, -0.2) is 12.7 Å². The summed E-state index contributed by atoms with van der Waals surface area (Å²) < 4.78 is 25.0. The fraction of sp³-hybridized carbons (Fsp3) is 1.00. The summed E-state index contributed by atoms with van der Waals surface area (Å²) in [7, 11) is -3.05. The minimum absolute atomic E-state index is 0.239. The van der Waals surface area contributed by atoms with E-state index in [-0.39, 0.29) is 6.61 Å². The van der Waals surface area contributed by atoms with Crippen molar-refractivity contribution in [1.82, 2.24) is 9.21 Å². The van der Waals surface area contributed by atoms with Crippen LogP contribution in [0.1, 0.15) is 38.5 Å². The minimum Gasteiger partial charge on any atom is -0.396 e. The molecule has 1 N–H and O–H groups in total. The second kappa shape index (κ2) is 7.20. The molecule has 1 aliphatic heterocycles. The van der Waals surface area contributed by atoms with Gasteiger partial charge in [0.2, 0.25) is 10.0 Å². The molecule has 0 spiro atoms. The molecule has 0 radical (unpaired) electrons. The number of aliphatic hydroxyl groups is 1. The van der Waals surface area contributed by atoms with E-state index >= 15 is 0 Å². The fourth-order valence-electron chi connectivity index (χ4n) is 3.26. The van der Waals surface area contributed by atoms with E-state index < -0.39 is 10.0 Å². The van der Waals surface area contributed by atoms with Crippen LogP contribution in [-0.4, -0.2) is 67.8 Å². The summed E-state index contributed by atoms with van der Waals surface area (Å²) in [6, 6.07) is 0.662. The third kappa shape index (κ3) is 4.41. The standard InChI is InChI=1S/C14H28N2O3S/c1-20(18,19)16-9-3-5-13(12-16)11-15(8-4-10-17)14-6-2-7-14/h13-14,17H,2-12H2,1H3. The van der Waals surface area contributed by atoms with Gasteiger partial charge in [0.15, 0.2) is 0 Å². The van der Waals surface area contributed by atoms with E-state index in [0.29, 0.717) is 25.0 Å². The Morgan fingerprint density at radius 2 is 2.00 bits per heavy atom. The highest BCUT2D eigenvalue weighted by atomic mass is 32.2. The van der Waals surface area contributed by atoms with Crippen LogP contribution in [0, 0.1) is 5.92 Å². The lowest BCUT2D eigenvalue weighted by molar-refractivity contribution is 0.0847. The highest BCUT2D eigenvalue weighted by Gasteiger charge is 2.30. The third-order valence-electron chi connectivity index (χ3n) is 4.64. The second-order valence-electron chi connectivity index (χ2n) is 6.29. The molecule has 20 heavy (non-hydrogen) atoms. The van der Waals surface area contributed by atoms with Crippen LogP contribution in [0.25, 0.3) is 0 Å². The molecule has 1 unspecified atom stereocenters. The molecule has 0 aromatic heterocycles. The van der Waals surface area contributed by atoms with Gasteiger partial charge in [-0.3, -0.25) is 4.90 Å². The van der Waals surface area contributed by atoms with Crippen LogP contribution in [0.4, 0.5) is 0 Å². The first-order valence-electron chi connectivity index (χ1n) is 7.80. The van der Waals surface area contributed by atoms with Gasteiger partial charge >= 0.3 is 0 Å². The van der Waals surface area contributed by atoms with Gasteiger partial charge in [-0.1, -0.05) is 6.42 Å². The largest absolute Gasteiger partial charge is 0.396 e. The zero-order chi connectivity index (χ0) is 14.6. The first-order chi connectivity index (χ1) is 9.50. The number of nitrogens with zero attached hydrogens (tertiary/aromatic N) is 2. The Morgan fingerprint density at radius 1 is 1.25 bits per heavy atom. The predicted octanol–water partition coefficient (Wildman–Crippen LogP) is 0.895. The topological polar surface area (TPSA) is 60.9 Å². The van der Waals surface area contributed by atoms with Crippen molar-refractivity contribution in [3.05, 3.63) is 0 Å². The normalized spacial score (nSPS) is 25.9. The Kier molecular flexibility index (Phi) is 5.84. The van der Waals surface area contributed by atoms with Crippen molar-refractivity contribution in [2.75, 3.05) is 39.0 Å². The first-order valence-corrected chi connectivity index (χ1v) is 9.65. The van der Waals surface area contributed by atoms with Crippen LogP contribution < -0.4 is 0 Å². The van der Waals surface area contributed by atoms with E-state index in [1.807, 2.05) is 0 Å². The van der Waals surface area contributed by atoms with E-state index in [0.717, 1.165) is 32.4 Å². The number of hydrogen-bond acceptors (Lipinski definition) is 4. The molecule has 1 atom stereocenters. The first kappa shape index (κ1) is 16.2. The summed E-state index contributed by atoms with van der Waals surface area (Å²) in [5.41, 5.74) is 0. The maximum atomic E-state index is 11.7. The summed E-state index contributed by atoms with van der Waals surface area (Å²) >= 11 is 0. The van der Waals surface area contributed by atoms with Crippen LogP contribution >= 0.6 is 0 Å². The van der Waals surface area contributed by atoms with Crippen molar-refractivity contribution < 1.29 is 13.5 Å². The van der Waals surface area contributed by atoms with Crippen LogP contribution in [0.5, 0.6) is 0 Å². The molecular weight excluding hydrogens is 276 g/mol. The average molecular weight is 304 g/mol. The Balaban J connectivity index is 1.88. The smallest absolute Gasteiger partial charge is 0.211 e. The van der Waals surface area contributed by atoms with Crippen molar-refractivity contribution in [3.8, 4) is 0 Å². The molecule has 1 saturated heterocycles. The molecule has 2 fully saturated rings. The Hall–Kier alpha value is -0.170. The summed E-state index contributed by atoms with van der Waals surface area (Å²) in [5.74, 6) is 0.442. The molecule has 1 aliphatic carbocycles. The molecule has 0 aromatic carbocycles. The molecule has 1 saturated carbocycles. The molecule has 118 valence electrons. The van der Waals surface area contributed by atoms with Gasteiger partial charge in [0.05, 0.1) is 6.26 Å². The maximum Gasteiger partial charge on any atom is 0.211 e. The van der Waals surface area contributed by atoms with Crippen LogP contribution in [0.15, 0.2) is 0 Å². The lowest BCUT2D eigenvalue weighted by Gasteiger charge is -2.41. The van der Waals surface area contributed by atoms with Crippen LogP contribution in [-0.2, 0) is 10.0 Å². The van der Waals surface area contributed by atoms with Gasteiger partial charge in [-0.15, -0.1) is 0 Å². The zero-order valence-electron chi connectivity index (χ0n) is 12.5. The molecule has 6 heteroatoms. The van der Waals surface area contributed by atoms with Crippen molar-refractivity contribution >= 4 is 10.0 Å². The van der Waals surface area contributed by atoms with Gasteiger partial charge < -0.3 is 5.11 Å². The Morgan fingerprint density at radius 3 is 2.55 bits per heavy atom. The van der Waals surface area contributed by atoms with E-state index in [1.165, 1.54) is 25.5 Å². The number of rotatable bonds is 7. The second-order valence-corrected chi connectivity index (χ2v) is 8.27. The van der Waals surface area contributed by atoms with Crippen molar-refractivity contribution in [2.45, 2.75) is 44.6 Å². The quantitative estimate of drug-likeness (QED) is 0.759. The third-order valence-corrected chi connectivity index (χ3v) is 5.91. The zero-order valence-corrected chi connectivity index (χ0v) is 13.3. The number of piperidine rings is 1. The van der Waals surface area contributed by atoms with Gasteiger partial charge in [-0.2, -0.15) is 0 Å². The van der Waals surface area contributed by atoms with E-state index in [1.54, 1.807) is 4.31 Å². The van der Waals surface area contributed by atoms with E-state index in [4.69, 9.17) is 5.11 Å². The van der Waals surface area contributed by atoms with E-state index in [9.17, 15) is 8.42 Å². The molecule has 0 aromatic rings. The van der Waals surface area contributed by atoms with Crippen molar-refractivity contribution in [1.29, 1.82) is 0 Å². The molecule has 0 amide bonds. The van der Waals surface area contributed by atoms with Gasteiger partial charge in [-0.05, 0) is 38.0 Å². The summed E-state index contributed by atoms with van der Waals surface area (Å²) in [6.07, 6.45) is 8.04. The number of hydrogen-bond donors (Lipinski definition) is 1. The van der Waals surface area contributed by atoms with Crippen molar-refractivity contribution in [2.24, 2.45) is 5.92 Å². The Labute approximate surface area is 123 Å². The maximum absolute atomic E-state index is 11.7. The highest BCUT2D eigenvalue weighted by molar-refractivity contribution is 7.88. The highest BCUT2D eigenvalue weighted by Crippen LogP contribution is 2.28. The SMILES string of the molecule is CS(=O)(=O)N1CCCC(CN(CCCO)C2CCC2)C1. The van der Waals surface area contributed by atoms with Crippen LogP contribution in [0.2, 0.25) is 0 Å². The van der Waals surface area contributed by atoms with Crippen molar-refractivity contribution in [3.63, 3.8) is 0 Å². The molecule has 2 aliphatic rings. The van der Waals surface area contributed by atoms with E-state index in [2.05, 4.69) is 4.90 Å². The average Bonchev–Trinajstić information content (AvgIpc) is 2.33. The number of sulfonamides is 1. The summed E-state index contributed by atoms with van der Waals surface area (Å²) in [4.78, 5) is 2.48.